The highest BCUT2D eigenvalue weighted by atomic mass is 79.9. The Morgan fingerprint density at radius 1 is 1.69 bits per heavy atom. The predicted octanol–water partition coefficient (Wildman–Crippen LogP) is 2.60. The first kappa shape index (κ1) is 12.9. The summed E-state index contributed by atoms with van der Waals surface area (Å²) in [6, 6.07) is 5.16. The molecule has 1 rings (SSSR count). The standard InChI is InChI=1S/C12H15BrN2O/c1-3-4-10(14)12(16)15-11-7-9(13)6-5-8(11)2/h3,5-7,10H,1,4,14H2,2H3,(H,15,16). The molecule has 1 aromatic carbocycles. The molecule has 0 spiro atoms. The summed E-state index contributed by atoms with van der Waals surface area (Å²) >= 11 is 3.36. The van der Waals surface area contributed by atoms with Gasteiger partial charge in [-0.05, 0) is 31.0 Å². The summed E-state index contributed by atoms with van der Waals surface area (Å²) in [6.45, 7) is 5.49. The Labute approximate surface area is 104 Å². The Bertz CT molecular complexity index is 404. The first-order valence-corrected chi connectivity index (χ1v) is 5.77. The maximum atomic E-state index is 11.7. The summed E-state index contributed by atoms with van der Waals surface area (Å²) in [6.07, 6.45) is 2.11. The van der Waals surface area contributed by atoms with Crippen LogP contribution in [0.3, 0.4) is 0 Å². The summed E-state index contributed by atoms with van der Waals surface area (Å²) in [4.78, 5) is 11.7. The minimum absolute atomic E-state index is 0.193. The molecule has 3 N–H and O–H groups in total. The number of amides is 1. The number of benzene rings is 1. The minimum atomic E-state index is -0.545. The molecular formula is C12H15BrN2O. The van der Waals surface area contributed by atoms with Gasteiger partial charge in [0.2, 0.25) is 5.91 Å². The molecule has 0 aliphatic heterocycles. The third-order valence-electron chi connectivity index (χ3n) is 2.21. The molecule has 0 saturated carbocycles. The number of nitrogens with one attached hydrogen (secondary N) is 1. The quantitative estimate of drug-likeness (QED) is 0.834. The Morgan fingerprint density at radius 2 is 2.38 bits per heavy atom. The SMILES string of the molecule is C=CCC(N)C(=O)Nc1cc(Br)ccc1C. The molecule has 0 aliphatic rings. The van der Waals surface area contributed by atoms with Crippen LogP contribution in [0.4, 0.5) is 5.69 Å². The van der Waals surface area contributed by atoms with E-state index in [1.165, 1.54) is 0 Å². The Kier molecular flexibility index (Phi) is 4.71. The van der Waals surface area contributed by atoms with Gasteiger partial charge < -0.3 is 11.1 Å². The van der Waals surface area contributed by atoms with Crippen molar-refractivity contribution in [3.05, 3.63) is 40.9 Å². The van der Waals surface area contributed by atoms with E-state index in [0.717, 1.165) is 15.7 Å². The van der Waals surface area contributed by atoms with Crippen LogP contribution in [-0.2, 0) is 4.79 Å². The highest BCUT2D eigenvalue weighted by Gasteiger charge is 2.12. The Morgan fingerprint density at radius 3 is 3.00 bits per heavy atom. The van der Waals surface area contributed by atoms with Gasteiger partial charge in [0, 0.05) is 10.2 Å². The predicted molar refractivity (Wildman–Crippen MR) is 70.3 cm³/mol. The first-order chi connectivity index (χ1) is 7.54. The van der Waals surface area contributed by atoms with Gasteiger partial charge in [-0.2, -0.15) is 0 Å². The maximum Gasteiger partial charge on any atom is 0.241 e. The summed E-state index contributed by atoms with van der Waals surface area (Å²) in [5.41, 5.74) is 7.45. The van der Waals surface area contributed by atoms with Crippen LogP contribution < -0.4 is 11.1 Å². The molecule has 1 amide bonds. The third kappa shape index (κ3) is 3.47. The minimum Gasteiger partial charge on any atom is -0.324 e. The zero-order valence-electron chi connectivity index (χ0n) is 9.16. The van der Waals surface area contributed by atoms with Gasteiger partial charge in [-0.15, -0.1) is 6.58 Å². The summed E-state index contributed by atoms with van der Waals surface area (Å²) < 4.78 is 0.922. The lowest BCUT2D eigenvalue weighted by Gasteiger charge is -2.12. The average Bonchev–Trinajstić information content (AvgIpc) is 2.23. The summed E-state index contributed by atoms with van der Waals surface area (Å²) in [7, 11) is 0. The first-order valence-electron chi connectivity index (χ1n) is 4.98. The second kappa shape index (κ2) is 5.82. The zero-order chi connectivity index (χ0) is 12.1. The average molecular weight is 283 g/mol. The highest BCUT2D eigenvalue weighted by Crippen LogP contribution is 2.20. The van der Waals surface area contributed by atoms with Gasteiger partial charge in [-0.25, -0.2) is 0 Å². The molecule has 0 aromatic heterocycles. The molecule has 0 fully saturated rings. The van der Waals surface area contributed by atoms with E-state index < -0.39 is 6.04 Å². The van der Waals surface area contributed by atoms with Gasteiger partial charge >= 0.3 is 0 Å². The molecule has 0 radical (unpaired) electrons. The third-order valence-corrected chi connectivity index (χ3v) is 2.71. The van der Waals surface area contributed by atoms with Crippen molar-refractivity contribution in [2.45, 2.75) is 19.4 Å². The van der Waals surface area contributed by atoms with Gasteiger partial charge in [0.05, 0.1) is 6.04 Å². The second-order valence-electron chi connectivity index (χ2n) is 3.58. The maximum absolute atomic E-state index is 11.7. The van der Waals surface area contributed by atoms with Crippen LogP contribution in [0.2, 0.25) is 0 Å². The molecular weight excluding hydrogens is 268 g/mol. The van der Waals surface area contributed by atoms with Crippen molar-refractivity contribution < 1.29 is 4.79 Å². The monoisotopic (exact) mass is 282 g/mol. The molecule has 86 valence electrons. The van der Waals surface area contributed by atoms with E-state index in [2.05, 4.69) is 27.8 Å². The molecule has 3 nitrogen and oxygen atoms in total. The van der Waals surface area contributed by atoms with Crippen LogP contribution >= 0.6 is 15.9 Å². The number of carbonyl (C=O) groups excluding carboxylic acids is 1. The fraction of sp³-hybridized carbons (Fsp3) is 0.250. The molecule has 0 bridgehead atoms. The van der Waals surface area contributed by atoms with Crippen molar-refractivity contribution in [1.29, 1.82) is 0 Å². The lowest BCUT2D eigenvalue weighted by Crippen LogP contribution is -2.35. The fourth-order valence-corrected chi connectivity index (χ4v) is 1.60. The molecule has 0 saturated heterocycles. The van der Waals surface area contributed by atoms with E-state index in [-0.39, 0.29) is 5.91 Å². The van der Waals surface area contributed by atoms with E-state index in [9.17, 15) is 4.79 Å². The van der Waals surface area contributed by atoms with Crippen molar-refractivity contribution >= 4 is 27.5 Å². The normalized spacial score (nSPS) is 11.9. The van der Waals surface area contributed by atoms with Gasteiger partial charge in [-0.3, -0.25) is 4.79 Å². The van der Waals surface area contributed by atoms with Crippen molar-refractivity contribution in [3.63, 3.8) is 0 Å². The van der Waals surface area contributed by atoms with Crippen LogP contribution in [0, 0.1) is 6.92 Å². The smallest absolute Gasteiger partial charge is 0.241 e. The number of nitrogens with two attached hydrogens (primary N) is 1. The number of halogens is 1. The number of carbonyl (C=O) groups is 1. The lowest BCUT2D eigenvalue weighted by atomic mass is 10.1. The fourth-order valence-electron chi connectivity index (χ4n) is 1.24. The van der Waals surface area contributed by atoms with Gasteiger partial charge in [-0.1, -0.05) is 28.1 Å². The van der Waals surface area contributed by atoms with Crippen molar-refractivity contribution in [2.24, 2.45) is 5.73 Å². The number of rotatable bonds is 4. The lowest BCUT2D eigenvalue weighted by molar-refractivity contribution is -0.117. The van der Waals surface area contributed by atoms with E-state index in [0.29, 0.717) is 6.42 Å². The molecule has 16 heavy (non-hydrogen) atoms. The number of anilines is 1. The molecule has 1 unspecified atom stereocenters. The largest absolute Gasteiger partial charge is 0.324 e. The molecule has 4 heteroatoms. The highest BCUT2D eigenvalue weighted by molar-refractivity contribution is 9.10. The van der Waals surface area contributed by atoms with Crippen LogP contribution in [0.25, 0.3) is 0 Å². The van der Waals surface area contributed by atoms with E-state index in [1.54, 1.807) is 6.08 Å². The molecule has 1 atom stereocenters. The molecule has 1 aromatic rings. The van der Waals surface area contributed by atoms with E-state index in [4.69, 9.17) is 5.73 Å². The van der Waals surface area contributed by atoms with Crippen LogP contribution in [0.15, 0.2) is 35.3 Å². The van der Waals surface area contributed by atoms with Gasteiger partial charge in [0.1, 0.15) is 0 Å². The Balaban J connectivity index is 2.76. The molecule has 0 heterocycles. The second-order valence-corrected chi connectivity index (χ2v) is 4.50. The topological polar surface area (TPSA) is 55.1 Å². The van der Waals surface area contributed by atoms with E-state index in [1.807, 2.05) is 25.1 Å². The van der Waals surface area contributed by atoms with E-state index >= 15 is 0 Å². The number of aryl methyl sites for hydroxylation is 1. The van der Waals surface area contributed by atoms with Crippen molar-refractivity contribution in [2.75, 3.05) is 5.32 Å². The van der Waals surface area contributed by atoms with Crippen LogP contribution in [0.1, 0.15) is 12.0 Å². The van der Waals surface area contributed by atoms with Gasteiger partial charge in [0.15, 0.2) is 0 Å². The summed E-state index contributed by atoms with van der Waals surface area (Å²) in [5, 5.41) is 2.79. The van der Waals surface area contributed by atoms with Crippen molar-refractivity contribution in [1.82, 2.24) is 0 Å². The summed E-state index contributed by atoms with van der Waals surface area (Å²) in [5.74, 6) is -0.193. The Hall–Kier alpha value is -1.13. The zero-order valence-corrected chi connectivity index (χ0v) is 10.8. The molecule has 0 aliphatic carbocycles. The van der Waals surface area contributed by atoms with Crippen LogP contribution in [0.5, 0.6) is 0 Å². The number of hydrogen-bond donors (Lipinski definition) is 2. The van der Waals surface area contributed by atoms with Gasteiger partial charge in [0.25, 0.3) is 0 Å². The number of hydrogen-bond acceptors (Lipinski definition) is 2. The van der Waals surface area contributed by atoms with Crippen molar-refractivity contribution in [3.8, 4) is 0 Å². The van der Waals surface area contributed by atoms with Crippen LogP contribution in [-0.4, -0.2) is 11.9 Å².